The van der Waals surface area contributed by atoms with Crippen molar-refractivity contribution >= 4 is 45.5 Å². The summed E-state index contributed by atoms with van der Waals surface area (Å²) in [5.74, 6) is 0.370. The first-order chi connectivity index (χ1) is 15.0. The molecular formula is C22H19Cl2FN4O2. The predicted octanol–water partition coefficient (Wildman–Crippen LogP) is 5.44. The van der Waals surface area contributed by atoms with Crippen molar-refractivity contribution in [3.8, 4) is 17.6 Å². The molecule has 1 aromatic heterocycles. The molecule has 4 rings (SSSR count). The lowest BCUT2D eigenvalue weighted by atomic mass is 10.1. The van der Waals surface area contributed by atoms with Crippen LogP contribution in [0.5, 0.6) is 11.5 Å². The Bertz CT molecular complexity index is 1180. The first kappa shape index (κ1) is 21.4. The SMILES string of the molecule is COc1cc2ncc(C#N)c(Nc3ccc(Cl)c(Cl)c3F)c2cc1OC1CCNCC1. The van der Waals surface area contributed by atoms with Crippen LogP contribution in [0.4, 0.5) is 15.8 Å². The van der Waals surface area contributed by atoms with Crippen LogP contribution in [0.25, 0.3) is 10.9 Å². The molecule has 2 N–H and O–H groups in total. The molecule has 0 atom stereocenters. The number of hydrogen-bond acceptors (Lipinski definition) is 6. The number of ether oxygens (including phenoxy) is 2. The van der Waals surface area contributed by atoms with Crippen LogP contribution in [0.1, 0.15) is 18.4 Å². The van der Waals surface area contributed by atoms with Crippen LogP contribution in [0.15, 0.2) is 30.5 Å². The second-order valence-corrected chi connectivity index (χ2v) is 7.88. The molecule has 2 heterocycles. The molecule has 6 nitrogen and oxygen atoms in total. The molecule has 3 aromatic rings. The average molecular weight is 461 g/mol. The fourth-order valence-electron chi connectivity index (χ4n) is 3.52. The van der Waals surface area contributed by atoms with Gasteiger partial charge < -0.3 is 20.1 Å². The van der Waals surface area contributed by atoms with E-state index < -0.39 is 5.82 Å². The lowest BCUT2D eigenvalue weighted by Gasteiger charge is -2.25. The summed E-state index contributed by atoms with van der Waals surface area (Å²) in [5, 5.41) is 16.4. The molecule has 9 heteroatoms. The number of halogens is 3. The van der Waals surface area contributed by atoms with E-state index in [9.17, 15) is 9.65 Å². The van der Waals surface area contributed by atoms with Gasteiger partial charge in [-0.05, 0) is 44.1 Å². The quantitative estimate of drug-likeness (QED) is 0.493. The maximum Gasteiger partial charge on any atom is 0.166 e. The number of fused-ring (bicyclic) bond motifs is 1. The van der Waals surface area contributed by atoms with Gasteiger partial charge in [-0.15, -0.1) is 0 Å². The number of benzene rings is 2. The molecular weight excluding hydrogens is 442 g/mol. The van der Waals surface area contributed by atoms with Gasteiger partial charge in [0, 0.05) is 17.6 Å². The molecule has 2 aromatic carbocycles. The first-order valence-electron chi connectivity index (χ1n) is 9.70. The number of rotatable bonds is 5. The number of anilines is 2. The van der Waals surface area contributed by atoms with E-state index in [-0.39, 0.29) is 27.4 Å². The normalized spacial score (nSPS) is 14.3. The Balaban J connectivity index is 1.82. The van der Waals surface area contributed by atoms with E-state index in [0.717, 1.165) is 25.9 Å². The zero-order chi connectivity index (χ0) is 22.0. The second-order valence-electron chi connectivity index (χ2n) is 7.09. The van der Waals surface area contributed by atoms with E-state index in [1.165, 1.54) is 18.3 Å². The highest BCUT2D eigenvalue weighted by atomic mass is 35.5. The molecule has 0 bridgehead atoms. The van der Waals surface area contributed by atoms with Gasteiger partial charge in [-0.2, -0.15) is 5.26 Å². The Kier molecular flexibility index (Phi) is 6.33. The van der Waals surface area contributed by atoms with Crippen molar-refractivity contribution in [2.24, 2.45) is 0 Å². The van der Waals surface area contributed by atoms with Crippen molar-refractivity contribution in [3.05, 3.63) is 51.9 Å². The monoisotopic (exact) mass is 460 g/mol. The van der Waals surface area contributed by atoms with Gasteiger partial charge in [0.2, 0.25) is 0 Å². The summed E-state index contributed by atoms with van der Waals surface area (Å²) in [6, 6.07) is 8.55. The molecule has 0 amide bonds. The van der Waals surface area contributed by atoms with Crippen LogP contribution in [-0.2, 0) is 0 Å². The van der Waals surface area contributed by atoms with Crippen LogP contribution in [0, 0.1) is 17.1 Å². The molecule has 1 aliphatic rings. The smallest absolute Gasteiger partial charge is 0.166 e. The number of nitriles is 1. The summed E-state index contributed by atoms with van der Waals surface area (Å²) in [4.78, 5) is 4.36. The third-order valence-electron chi connectivity index (χ3n) is 5.15. The van der Waals surface area contributed by atoms with E-state index in [1.54, 1.807) is 19.2 Å². The predicted molar refractivity (Wildman–Crippen MR) is 119 cm³/mol. The summed E-state index contributed by atoms with van der Waals surface area (Å²) >= 11 is 11.8. The molecule has 0 aliphatic carbocycles. The van der Waals surface area contributed by atoms with E-state index in [2.05, 4.69) is 21.7 Å². The maximum absolute atomic E-state index is 14.7. The fraction of sp³-hybridized carbons (Fsp3) is 0.273. The van der Waals surface area contributed by atoms with Crippen LogP contribution in [0.3, 0.4) is 0 Å². The molecule has 1 saturated heterocycles. The van der Waals surface area contributed by atoms with Crippen molar-refractivity contribution in [2.75, 3.05) is 25.5 Å². The number of hydrogen-bond donors (Lipinski definition) is 2. The fourth-order valence-corrected chi connectivity index (χ4v) is 3.83. The number of methoxy groups -OCH3 is 1. The van der Waals surface area contributed by atoms with Gasteiger partial charge in [-0.25, -0.2) is 4.39 Å². The Labute approximate surface area is 188 Å². The largest absolute Gasteiger partial charge is 0.493 e. The van der Waals surface area contributed by atoms with E-state index >= 15 is 0 Å². The number of aromatic nitrogens is 1. The minimum Gasteiger partial charge on any atom is -0.493 e. The minimum absolute atomic E-state index is 0.0450. The van der Waals surface area contributed by atoms with Crippen LogP contribution >= 0.6 is 23.2 Å². The molecule has 160 valence electrons. The highest BCUT2D eigenvalue weighted by molar-refractivity contribution is 6.42. The summed E-state index contributed by atoms with van der Waals surface area (Å²) in [7, 11) is 1.56. The van der Waals surface area contributed by atoms with Crippen LogP contribution < -0.4 is 20.1 Å². The molecule has 0 spiro atoms. The maximum atomic E-state index is 14.7. The summed E-state index contributed by atoms with van der Waals surface area (Å²) < 4.78 is 26.4. The number of piperidine rings is 1. The lowest BCUT2D eigenvalue weighted by molar-refractivity contribution is 0.157. The van der Waals surface area contributed by atoms with Gasteiger partial charge in [0.1, 0.15) is 12.2 Å². The third kappa shape index (κ3) is 4.33. The van der Waals surface area contributed by atoms with Crippen molar-refractivity contribution in [3.63, 3.8) is 0 Å². The zero-order valence-corrected chi connectivity index (χ0v) is 18.1. The van der Waals surface area contributed by atoms with E-state index in [4.69, 9.17) is 32.7 Å². The summed E-state index contributed by atoms with van der Waals surface area (Å²) in [6.07, 6.45) is 3.21. The second kappa shape index (κ2) is 9.15. The van der Waals surface area contributed by atoms with Gasteiger partial charge in [-0.3, -0.25) is 4.98 Å². The molecule has 0 saturated carbocycles. The number of nitrogens with one attached hydrogen (secondary N) is 2. The molecule has 1 aliphatic heterocycles. The molecule has 31 heavy (non-hydrogen) atoms. The topological polar surface area (TPSA) is 79.2 Å². The Morgan fingerprint density at radius 3 is 2.71 bits per heavy atom. The summed E-state index contributed by atoms with van der Waals surface area (Å²) in [6.45, 7) is 1.76. The standard InChI is InChI=1S/C22H19Cl2FN4O2/c1-30-18-9-17-14(8-19(18)31-13-4-6-27-7-5-13)22(12(10-26)11-28-17)29-16-3-2-15(23)20(24)21(16)25/h2-3,8-9,11,13,27H,4-7H2,1H3,(H,28,29). The highest BCUT2D eigenvalue weighted by Gasteiger charge is 2.20. The minimum atomic E-state index is -0.706. The van der Waals surface area contributed by atoms with E-state index in [1.807, 2.05) is 0 Å². The molecule has 0 radical (unpaired) electrons. The molecule has 1 fully saturated rings. The first-order valence-corrected chi connectivity index (χ1v) is 10.5. The number of pyridine rings is 1. The Hall–Kier alpha value is -2.79. The average Bonchev–Trinajstić information content (AvgIpc) is 2.79. The Morgan fingerprint density at radius 1 is 1.23 bits per heavy atom. The van der Waals surface area contributed by atoms with Crippen molar-refractivity contribution < 1.29 is 13.9 Å². The van der Waals surface area contributed by atoms with Gasteiger partial charge in [-0.1, -0.05) is 23.2 Å². The zero-order valence-electron chi connectivity index (χ0n) is 16.6. The number of nitrogens with zero attached hydrogens (tertiary/aromatic N) is 2. The van der Waals surface area contributed by atoms with Crippen LogP contribution in [0.2, 0.25) is 10.0 Å². The third-order valence-corrected chi connectivity index (χ3v) is 5.93. The van der Waals surface area contributed by atoms with E-state index in [0.29, 0.717) is 28.1 Å². The lowest BCUT2D eigenvalue weighted by Crippen LogP contribution is -2.34. The van der Waals surface area contributed by atoms with Gasteiger partial charge >= 0.3 is 0 Å². The Morgan fingerprint density at radius 2 is 2.00 bits per heavy atom. The van der Waals surface area contributed by atoms with Gasteiger partial charge in [0.05, 0.1) is 39.6 Å². The van der Waals surface area contributed by atoms with Crippen molar-refractivity contribution in [2.45, 2.75) is 18.9 Å². The van der Waals surface area contributed by atoms with Gasteiger partial charge in [0.15, 0.2) is 17.3 Å². The highest BCUT2D eigenvalue weighted by Crippen LogP contribution is 2.39. The van der Waals surface area contributed by atoms with Crippen molar-refractivity contribution in [1.82, 2.24) is 10.3 Å². The van der Waals surface area contributed by atoms with Crippen molar-refractivity contribution in [1.29, 1.82) is 5.26 Å². The molecule has 0 unspecified atom stereocenters. The van der Waals surface area contributed by atoms with Gasteiger partial charge in [0.25, 0.3) is 0 Å². The van der Waals surface area contributed by atoms with Crippen LogP contribution in [-0.4, -0.2) is 31.3 Å². The summed E-state index contributed by atoms with van der Waals surface area (Å²) in [5.41, 5.74) is 1.30.